The van der Waals surface area contributed by atoms with Crippen LogP contribution in [0.4, 0.5) is 5.95 Å². The summed E-state index contributed by atoms with van der Waals surface area (Å²) in [6.45, 7) is 8.18. The Morgan fingerprint density at radius 3 is 2.70 bits per heavy atom. The molecular formula is C19H23N7O. The molecule has 0 saturated carbocycles. The third kappa shape index (κ3) is 3.02. The first-order valence-corrected chi connectivity index (χ1v) is 9.04. The number of nitrogens with one attached hydrogen (secondary N) is 1. The Morgan fingerprint density at radius 2 is 1.96 bits per heavy atom. The van der Waals surface area contributed by atoms with Crippen molar-refractivity contribution in [2.45, 2.75) is 39.8 Å². The highest BCUT2D eigenvalue weighted by atomic mass is 16.3. The number of hydrogen-bond donors (Lipinski definition) is 2. The van der Waals surface area contributed by atoms with E-state index in [1.807, 2.05) is 32.3 Å². The number of aryl methyl sites for hydroxylation is 1. The molecule has 2 N–H and O–H groups in total. The number of rotatable bonds is 5. The lowest BCUT2D eigenvalue weighted by Crippen LogP contribution is -2.21. The molecule has 0 unspecified atom stereocenters. The summed E-state index contributed by atoms with van der Waals surface area (Å²) in [6, 6.07) is 4.33. The van der Waals surface area contributed by atoms with Gasteiger partial charge in [0.05, 0.1) is 23.8 Å². The molecule has 0 radical (unpaired) electrons. The lowest BCUT2D eigenvalue weighted by Gasteiger charge is -2.11. The summed E-state index contributed by atoms with van der Waals surface area (Å²) in [5.74, 6) is 1.44. The van der Waals surface area contributed by atoms with Crippen molar-refractivity contribution in [2.24, 2.45) is 0 Å². The lowest BCUT2D eigenvalue weighted by atomic mass is 10.1. The van der Waals surface area contributed by atoms with E-state index >= 15 is 0 Å². The van der Waals surface area contributed by atoms with Crippen molar-refractivity contribution < 1.29 is 5.11 Å². The molecule has 0 saturated heterocycles. The number of nitrogens with zero attached hydrogens (tertiary/aromatic N) is 6. The molecule has 0 aromatic carbocycles. The number of anilines is 1. The molecule has 4 heterocycles. The molecule has 0 spiro atoms. The van der Waals surface area contributed by atoms with E-state index in [9.17, 15) is 5.11 Å². The van der Waals surface area contributed by atoms with Gasteiger partial charge in [-0.25, -0.2) is 19.5 Å². The Morgan fingerprint density at radius 1 is 1.15 bits per heavy atom. The van der Waals surface area contributed by atoms with Gasteiger partial charge in [-0.15, -0.1) is 5.10 Å². The monoisotopic (exact) mass is 365 g/mol. The Kier molecular flexibility index (Phi) is 4.27. The van der Waals surface area contributed by atoms with Gasteiger partial charge in [-0.1, -0.05) is 0 Å². The van der Waals surface area contributed by atoms with Crippen molar-refractivity contribution in [3.8, 4) is 11.1 Å². The van der Waals surface area contributed by atoms with Crippen LogP contribution in [0.5, 0.6) is 0 Å². The zero-order valence-electron chi connectivity index (χ0n) is 15.9. The maximum atomic E-state index is 9.17. The van der Waals surface area contributed by atoms with Gasteiger partial charge >= 0.3 is 0 Å². The lowest BCUT2D eigenvalue weighted by molar-refractivity contribution is 0.281. The van der Waals surface area contributed by atoms with E-state index in [0.29, 0.717) is 12.0 Å². The van der Waals surface area contributed by atoms with Gasteiger partial charge in [0.1, 0.15) is 5.82 Å². The van der Waals surface area contributed by atoms with Crippen LogP contribution in [-0.4, -0.2) is 46.9 Å². The number of aromatic nitrogens is 6. The first kappa shape index (κ1) is 17.4. The van der Waals surface area contributed by atoms with Crippen molar-refractivity contribution in [3.63, 3.8) is 0 Å². The van der Waals surface area contributed by atoms with Gasteiger partial charge < -0.3 is 15.0 Å². The zero-order valence-corrected chi connectivity index (χ0v) is 15.9. The van der Waals surface area contributed by atoms with Gasteiger partial charge in [0.15, 0.2) is 5.65 Å². The van der Waals surface area contributed by atoms with Crippen molar-refractivity contribution in [2.75, 3.05) is 11.9 Å². The van der Waals surface area contributed by atoms with Gasteiger partial charge in [0.25, 0.3) is 0 Å². The average molecular weight is 365 g/mol. The fourth-order valence-corrected chi connectivity index (χ4v) is 3.37. The van der Waals surface area contributed by atoms with Gasteiger partial charge in [-0.3, -0.25) is 0 Å². The van der Waals surface area contributed by atoms with Crippen molar-refractivity contribution in [3.05, 3.63) is 36.5 Å². The quantitative estimate of drug-likeness (QED) is 0.565. The number of pyridine rings is 1. The van der Waals surface area contributed by atoms with Crippen LogP contribution in [-0.2, 0) is 0 Å². The SMILES string of the molecule is Cc1nc2ncc(-c3ccn4nc(N[C@H](C)CO)ncc34)cc2n1C(C)C. The maximum absolute atomic E-state index is 9.17. The molecule has 0 aliphatic heterocycles. The second-order valence-corrected chi connectivity index (χ2v) is 7.06. The van der Waals surface area contributed by atoms with Crippen LogP contribution in [0.15, 0.2) is 30.7 Å². The molecule has 4 aromatic rings. The summed E-state index contributed by atoms with van der Waals surface area (Å²) in [6.07, 6.45) is 5.52. The van der Waals surface area contributed by atoms with Gasteiger partial charge in [-0.2, -0.15) is 0 Å². The van der Waals surface area contributed by atoms with Crippen LogP contribution in [0.3, 0.4) is 0 Å². The Bertz CT molecular complexity index is 1110. The number of hydrogen-bond acceptors (Lipinski definition) is 6. The van der Waals surface area contributed by atoms with E-state index in [1.54, 1.807) is 10.7 Å². The van der Waals surface area contributed by atoms with Crippen LogP contribution in [0, 0.1) is 6.92 Å². The predicted octanol–water partition coefficient (Wildman–Crippen LogP) is 2.82. The molecular weight excluding hydrogens is 342 g/mol. The summed E-state index contributed by atoms with van der Waals surface area (Å²) < 4.78 is 3.98. The van der Waals surface area contributed by atoms with Crippen LogP contribution in [0.1, 0.15) is 32.6 Å². The fraction of sp³-hybridized carbons (Fsp3) is 0.368. The van der Waals surface area contributed by atoms with Crippen molar-refractivity contribution in [1.29, 1.82) is 0 Å². The van der Waals surface area contributed by atoms with Crippen LogP contribution >= 0.6 is 0 Å². The predicted molar refractivity (Wildman–Crippen MR) is 105 cm³/mol. The van der Waals surface area contributed by atoms with E-state index in [1.165, 1.54) is 0 Å². The van der Waals surface area contributed by atoms with E-state index in [-0.39, 0.29) is 12.6 Å². The van der Waals surface area contributed by atoms with Gasteiger partial charge in [-0.05, 0) is 39.8 Å². The molecule has 0 bridgehead atoms. The molecule has 4 aromatic heterocycles. The van der Waals surface area contributed by atoms with Crippen LogP contribution in [0.2, 0.25) is 0 Å². The molecule has 27 heavy (non-hydrogen) atoms. The second kappa shape index (κ2) is 6.62. The number of aliphatic hydroxyl groups is 1. The van der Waals surface area contributed by atoms with E-state index in [0.717, 1.165) is 33.6 Å². The highest BCUT2D eigenvalue weighted by molar-refractivity contribution is 5.85. The number of aliphatic hydroxyl groups excluding tert-OH is 1. The fourth-order valence-electron chi connectivity index (χ4n) is 3.37. The number of fused-ring (bicyclic) bond motifs is 2. The van der Waals surface area contributed by atoms with Crippen LogP contribution in [0.25, 0.3) is 27.8 Å². The molecule has 1 atom stereocenters. The summed E-state index contributed by atoms with van der Waals surface area (Å²) in [5, 5.41) is 16.7. The largest absolute Gasteiger partial charge is 0.394 e. The molecule has 0 fully saturated rings. The Hall–Kier alpha value is -3.00. The molecule has 140 valence electrons. The Balaban J connectivity index is 1.79. The smallest absolute Gasteiger partial charge is 0.241 e. The zero-order chi connectivity index (χ0) is 19.1. The summed E-state index contributed by atoms with van der Waals surface area (Å²) in [7, 11) is 0. The minimum Gasteiger partial charge on any atom is -0.394 e. The topological polar surface area (TPSA) is 93.2 Å². The average Bonchev–Trinajstić information content (AvgIpc) is 3.20. The minimum absolute atomic E-state index is 0.0208. The van der Waals surface area contributed by atoms with E-state index in [2.05, 4.69) is 49.8 Å². The number of imidazole rings is 1. The molecule has 0 aliphatic carbocycles. The molecule has 0 aliphatic rings. The first-order valence-electron chi connectivity index (χ1n) is 9.04. The van der Waals surface area contributed by atoms with E-state index < -0.39 is 0 Å². The van der Waals surface area contributed by atoms with E-state index in [4.69, 9.17) is 0 Å². The molecule has 0 amide bonds. The van der Waals surface area contributed by atoms with Gasteiger partial charge in [0, 0.05) is 35.6 Å². The molecule has 8 heteroatoms. The van der Waals surface area contributed by atoms with Crippen LogP contribution < -0.4 is 5.32 Å². The highest BCUT2D eigenvalue weighted by Crippen LogP contribution is 2.28. The van der Waals surface area contributed by atoms with Crippen molar-refractivity contribution in [1.82, 2.24) is 29.1 Å². The first-order chi connectivity index (χ1) is 13.0. The summed E-state index contributed by atoms with van der Waals surface area (Å²) >= 11 is 0. The summed E-state index contributed by atoms with van der Waals surface area (Å²) in [4.78, 5) is 13.5. The summed E-state index contributed by atoms with van der Waals surface area (Å²) in [5.41, 5.74) is 4.69. The highest BCUT2D eigenvalue weighted by Gasteiger charge is 2.14. The third-order valence-electron chi connectivity index (χ3n) is 4.62. The standard InChI is InChI=1S/C19H23N7O/c1-11(2)26-13(4)23-18-16(26)7-14(8-20-18)15-5-6-25-17(15)9-21-19(24-25)22-12(3)10-27/h5-9,11-12,27H,10H2,1-4H3,(H,22,24)/t12-/m1/s1. The Labute approximate surface area is 156 Å². The normalized spacial score (nSPS) is 13.0. The minimum atomic E-state index is -0.108. The molecule has 8 nitrogen and oxygen atoms in total. The maximum Gasteiger partial charge on any atom is 0.241 e. The van der Waals surface area contributed by atoms with Crippen molar-refractivity contribution >= 4 is 22.6 Å². The van der Waals surface area contributed by atoms with Gasteiger partial charge in [0.2, 0.25) is 5.95 Å². The third-order valence-corrected chi connectivity index (χ3v) is 4.62. The second-order valence-electron chi connectivity index (χ2n) is 7.06. The molecule has 4 rings (SSSR count).